The normalized spacial score (nSPS) is 20.1. The molecule has 3 rings (SSSR count). The molecule has 4 nitrogen and oxygen atoms in total. The van der Waals surface area contributed by atoms with Crippen LogP contribution >= 0.6 is 24.0 Å². The fourth-order valence-electron chi connectivity index (χ4n) is 3.50. The molecule has 7 heteroatoms. The van der Waals surface area contributed by atoms with Gasteiger partial charge in [0.2, 0.25) is 0 Å². The number of rotatable bonds is 6. The molecular weight excluding hydrogens is 487 g/mol. The molecule has 1 fully saturated rings. The van der Waals surface area contributed by atoms with Crippen LogP contribution in [0, 0.1) is 17.6 Å². The summed E-state index contributed by atoms with van der Waals surface area (Å²) in [4.78, 5) is 4.70. The predicted molar refractivity (Wildman–Crippen MR) is 123 cm³/mol. The van der Waals surface area contributed by atoms with Gasteiger partial charge in [-0.25, -0.2) is 8.78 Å². The number of hydrogen-bond acceptors (Lipinski definition) is 2. The number of guanidine groups is 1. The van der Waals surface area contributed by atoms with Gasteiger partial charge in [0, 0.05) is 37.2 Å². The van der Waals surface area contributed by atoms with Gasteiger partial charge in [-0.05, 0) is 31.9 Å². The summed E-state index contributed by atoms with van der Waals surface area (Å²) in [7, 11) is 0. The van der Waals surface area contributed by atoms with Gasteiger partial charge < -0.3 is 15.4 Å². The van der Waals surface area contributed by atoms with E-state index < -0.39 is 11.6 Å². The summed E-state index contributed by atoms with van der Waals surface area (Å²) in [6.45, 7) is 5.82. The number of aliphatic imine (C=N–C) groups is 1. The van der Waals surface area contributed by atoms with Gasteiger partial charge in [-0.3, -0.25) is 4.99 Å². The lowest BCUT2D eigenvalue weighted by Gasteiger charge is -2.21. The third kappa shape index (κ3) is 6.37. The summed E-state index contributed by atoms with van der Waals surface area (Å²) >= 11 is 0. The zero-order chi connectivity index (χ0) is 19.9. The van der Waals surface area contributed by atoms with E-state index in [-0.39, 0.29) is 42.0 Å². The smallest absolute Gasteiger partial charge is 0.191 e. The van der Waals surface area contributed by atoms with Crippen molar-refractivity contribution in [3.8, 4) is 0 Å². The number of hydrogen-bond donors (Lipinski definition) is 2. The number of nitrogens with zero attached hydrogens (tertiary/aromatic N) is 1. The van der Waals surface area contributed by atoms with E-state index in [4.69, 9.17) is 9.73 Å². The molecule has 1 aliphatic heterocycles. The molecule has 0 saturated carbocycles. The zero-order valence-electron chi connectivity index (χ0n) is 16.7. The Morgan fingerprint density at radius 2 is 1.97 bits per heavy atom. The van der Waals surface area contributed by atoms with Crippen molar-refractivity contribution < 1.29 is 13.5 Å². The maximum Gasteiger partial charge on any atom is 0.191 e. The van der Waals surface area contributed by atoms with Crippen LogP contribution in [0.5, 0.6) is 0 Å². The van der Waals surface area contributed by atoms with Crippen LogP contribution in [0.2, 0.25) is 0 Å². The van der Waals surface area contributed by atoms with Crippen molar-refractivity contribution in [2.75, 3.05) is 19.7 Å². The number of nitrogens with one attached hydrogen (secondary N) is 2. The van der Waals surface area contributed by atoms with E-state index in [0.29, 0.717) is 24.6 Å². The highest BCUT2D eigenvalue weighted by Crippen LogP contribution is 2.34. The Hall–Kier alpha value is -1.74. The van der Waals surface area contributed by atoms with Crippen molar-refractivity contribution in [2.24, 2.45) is 10.9 Å². The van der Waals surface area contributed by atoms with Crippen LogP contribution in [-0.4, -0.2) is 25.7 Å². The molecule has 0 amide bonds. The minimum Gasteiger partial charge on any atom is -0.373 e. The van der Waals surface area contributed by atoms with E-state index in [9.17, 15) is 8.78 Å². The van der Waals surface area contributed by atoms with Gasteiger partial charge in [0.15, 0.2) is 5.96 Å². The van der Waals surface area contributed by atoms with Gasteiger partial charge in [-0.1, -0.05) is 36.4 Å². The van der Waals surface area contributed by atoms with Crippen LogP contribution in [0.1, 0.15) is 43.5 Å². The van der Waals surface area contributed by atoms with Crippen molar-refractivity contribution in [3.05, 3.63) is 71.3 Å². The van der Waals surface area contributed by atoms with Gasteiger partial charge in [0.25, 0.3) is 0 Å². The largest absolute Gasteiger partial charge is 0.373 e. The maximum absolute atomic E-state index is 14.1. The molecule has 158 valence electrons. The minimum absolute atomic E-state index is 0. The first kappa shape index (κ1) is 23.5. The van der Waals surface area contributed by atoms with Gasteiger partial charge in [0.1, 0.15) is 11.6 Å². The highest BCUT2D eigenvalue weighted by molar-refractivity contribution is 14.0. The zero-order valence-corrected chi connectivity index (χ0v) is 19.0. The second-order valence-corrected chi connectivity index (χ2v) is 7.00. The van der Waals surface area contributed by atoms with Crippen molar-refractivity contribution >= 4 is 29.9 Å². The number of ether oxygens (including phenoxy) is 1. The van der Waals surface area contributed by atoms with Crippen LogP contribution in [0.3, 0.4) is 0 Å². The first-order valence-electron chi connectivity index (χ1n) is 9.74. The van der Waals surface area contributed by atoms with Crippen LogP contribution in [0.25, 0.3) is 0 Å². The molecule has 0 aromatic heterocycles. The summed E-state index contributed by atoms with van der Waals surface area (Å²) in [6.07, 6.45) is 0.990. The standard InChI is InChI=1S/C22H27F2N3O.HI/c1-3-25-22(27-15(2)19-10-9-18(23)13-20(19)24)26-14-17-11-12-28-21(17)16-7-5-4-6-8-16;/h4-10,13,15,17,21H,3,11-12,14H2,1-2H3,(H2,25,26,27);1H. The third-order valence-electron chi connectivity index (χ3n) is 4.95. The number of halogens is 3. The van der Waals surface area contributed by atoms with Crippen LogP contribution < -0.4 is 10.6 Å². The average molecular weight is 515 g/mol. The first-order chi connectivity index (χ1) is 13.6. The van der Waals surface area contributed by atoms with Crippen LogP contribution in [0.4, 0.5) is 8.78 Å². The highest BCUT2D eigenvalue weighted by atomic mass is 127. The molecule has 1 heterocycles. The lowest BCUT2D eigenvalue weighted by atomic mass is 9.95. The molecule has 2 aromatic carbocycles. The summed E-state index contributed by atoms with van der Waals surface area (Å²) in [5.41, 5.74) is 1.57. The molecule has 2 N–H and O–H groups in total. The lowest BCUT2D eigenvalue weighted by molar-refractivity contribution is 0.0925. The molecule has 0 spiro atoms. The van der Waals surface area contributed by atoms with Crippen molar-refractivity contribution in [1.29, 1.82) is 0 Å². The predicted octanol–water partition coefficient (Wildman–Crippen LogP) is 4.98. The second kappa shape index (κ2) is 11.4. The van der Waals surface area contributed by atoms with Crippen molar-refractivity contribution in [1.82, 2.24) is 10.6 Å². The summed E-state index contributed by atoms with van der Waals surface area (Å²) < 4.78 is 33.1. The van der Waals surface area contributed by atoms with Crippen molar-refractivity contribution in [2.45, 2.75) is 32.4 Å². The molecule has 1 aliphatic rings. The quantitative estimate of drug-likeness (QED) is 0.324. The van der Waals surface area contributed by atoms with E-state index in [0.717, 1.165) is 19.1 Å². The van der Waals surface area contributed by atoms with Crippen molar-refractivity contribution in [3.63, 3.8) is 0 Å². The molecule has 0 aliphatic carbocycles. The summed E-state index contributed by atoms with van der Waals surface area (Å²) in [5.74, 6) is -0.250. The Balaban J connectivity index is 0.00000300. The fourth-order valence-corrected chi connectivity index (χ4v) is 3.50. The summed E-state index contributed by atoms with van der Waals surface area (Å²) in [6, 6.07) is 13.5. The molecule has 0 bridgehead atoms. The van der Waals surface area contributed by atoms with E-state index in [1.165, 1.54) is 17.7 Å². The van der Waals surface area contributed by atoms with E-state index in [2.05, 4.69) is 22.8 Å². The molecule has 1 saturated heterocycles. The minimum atomic E-state index is -0.581. The maximum atomic E-state index is 14.1. The lowest BCUT2D eigenvalue weighted by Crippen LogP contribution is -2.39. The van der Waals surface area contributed by atoms with Gasteiger partial charge in [-0.2, -0.15) is 0 Å². The van der Waals surface area contributed by atoms with Gasteiger partial charge in [-0.15, -0.1) is 24.0 Å². The Kier molecular flexibility index (Phi) is 9.29. The second-order valence-electron chi connectivity index (χ2n) is 7.00. The monoisotopic (exact) mass is 515 g/mol. The molecule has 3 atom stereocenters. The fraction of sp³-hybridized carbons (Fsp3) is 0.409. The SMILES string of the molecule is CCNC(=NCC1CCOC1c1ccccc1)NC(C)c1ccc(F)cc1F.I. The number of benzene rings is 2. The van der Waals surface area contributed by atoms with Gasteiger partial charge >= 0.3 is 0 Å². The Labute approximate surface area is 188 Å². The summed E-state index contributed by atoms with van der Waals surface area (Å²) in [5, 5.41) is 6.40. The van der Waals surface area contributed by atoms with Crippen LogP contribution in [-0.2, 0) is 4.74 Å². The molecule has 2 aromatic rings. The first-order valence-corrected chi connectivity index (χ1v) is 9.74. The third-order valence-corrected chi connectivity index (χ3v) is 4.95. The average Bonchev–Trinajstić information content (AvgIpc) is 3.15. The highest BCUT2D eigenvalue weighted by Gasteiger charge is 2.29. The Morgan fingerprint density at radius 1 is 1.21 bits per heavy atom. The Morgan fingerprint density at radius 3 is 2.66 bits per heavy atom. The molecule has 29 heavy (non-hydrogen) atoms. The van der Waals surface area contributed by atoms with Gasteiger partial charge in [0.05, 0.1) is 12.1 Å². The van der Waals surface area contributed by atoms with E-state index in [1.807, 2.05) is 32.0 Å². The molecule has 3 unspecified atom stereocenters. The van der Waals surface area contributed by atoms with Crippen LogP contribution in [0.15, 0.2) is 53.5 Å². The molecular formula is C22H28F2IN3O. The molecule has 0 radical (unpaired) electrons. The van der Waals surface area contributed by atoms with E-state index >= 15 is 0 Å². The topological polar surface area (TPSA) is 45.7 Å². The van der Waals surface area contributed by atoms with E-state index in [1.54, 1.807) is 0 Å². The Bertz CT molecular complexity index is 804.